The SMILES string of the molecule is COc1ccc(C=NC(=S)Nc2nnc(C)c(=O)[nH]2)cc1. The van der Waals surface area contributed by atoms with Crippen molar-refractivity contribution >= 4 is 29.5 Å². The molecular formula is C13H13N5O2S. The second kappa shape index (κ2) is 6.71. The summed E-state index contributed by atoms with van der Waals surface area (Å²) in [5.74, 6) is 0.919. The van der Waals surface area contributed by atoms with Gasteiger partial charge in [0.15, 0.2) is 5.11 Å². The number of nitrogens with one attached hydrogen (secondary N) is 2. The molecule has 0 saturated heterocycles. The molecule has 1 aromatic carbocycles. The van der Waals surface area contributed by atoms with Crippen LogP contribution in [-0.2, 0) is 0 Å². The van der Waals surface area contributed by atoms with Crippen LogP contribution >= 0.6 is 12.2 Å². The van der Waals surface area contributed by atoms with E-state index in [2.05, 4.69) is 25.5 Å². The number of anilines is 1. The van der Waals surface area contributed by atoms with E-state index in [0.717, 1.165) is 11.3 Å². The molecule has 0 unspecified atom stereocenters. The summed E-state index contributed by atoms with van der Waals surface area (Å²) in [7, 11) is 1.60. The first-order chi connectivity index (χ1) is 10.1. The molecule has 1 heterocycles. The number of rotatable bonds is 3. The molecule has 0 radical (unpaired) electrons. The number of aliphatic imine (C=N–C) groups is 1. The van der Waals surface area contributed by atoms with Gasteiger partial charge < -0.3 is 4.74 Å². The van der Waals surface area contributed by atoms with Crippen LogP contribution in [0.4, 0.5) is 5.95 Å². The molecule has 7 nitrogen and oxygen atoms in total. The maximum Gasteiger partial charge on any atom is 0.273 e. The monoisotopic (exact) mass is 303 g/mol. The Morgan fingerprint density at radius 1 is 1.38 bits per heavy atom. The highest BCUT2D eigenvalue weighted by Crippen LogP contribution is 2.09. The van der Waals surface area contributed by atoms with Crippen LogP contribution in [0.1, 0.15) is 11.3 Å². The zero-order chi connectivity index (χ0) is 15.2. The van der Waals surface area contributed by atoms with Crippen LogP contribution < -0.4 is 15.6 Å². The molecular weight excluding hydrogens is 290 g/mol. The fourth-order valence-electron chi connectivity index (χ4n) is 1.41. The summed E-state index contributed by atoms with van der Waals surface area (Å²) in [6.07, 6.45) is 1.59. The standard InChI is InChI=1S/C13H13N5O2S/c1-8-11(19)15-12(18-17-8)16-13(21)14-7-9-3-5-10(20-2)6-4-9/h3-7H,1-2H3,(H2,15,16,18,19,21). The number of H-pyrrole nitrogens is 1. The third-order valence-corrected chi connectivity index (χ3v) is 2.74. The van der Waals surface area contributed by atoms with Crippen LogP contribution in [0.15, 0.2) is 34.1 Å². The average Bonchev–Trinajstić information content (AvgIpc) is 2.49. The quantitative estimate of drug-likeness (QED) is 0.656. The largest absolute Gasteiger partial charge is 0.497 e. The molecule has 8 heteroatoms. The molecule has 1 aromatic heterocycles. The fraction of sp³-hybridized carbons (Fsp3) is 0.154. The van der Waals surface area contributed by atoms with Crippen molar-refractivity contribution in [2.45, 2.75) is 6.92 Å². The normalized spacial score (nSPS) is 10.6. The zero-order valence-corrected chi connectivity index (χ0v) is 12.3. The number of aryl methyl sites for hydroxylation is 1. The molecule has 0 spiro atoms. The number of methoxy groups -OCH3 is 1. The lowest BCUT2D eigenvalue weighted by Crippen LogP contribution is -2.19. The summed E-state index contributed by atoms with van der Waals surface area (Å²) < 4.78 is 5.06. The van der Waals surface area contributed by atoms with E-state index in [1.165, 1.54) is 0 Å². The van der Waals surface area contributed by atoms with Crippen LogP contribution in [0.25, 0.3) is 0 Å². The van der Waals surface area contributed by atoms with Crippen molar-refractivity contribution in [3.8, 4) is 5.75 Å². The highest BCUT2D eigenvalue weighted by molar-refractivity contribution is 7.80. The third-order valence-electron chi connectivity index (χ3n) is 2.53. The molecule has 0 aliphatic rings. The second-order valence-electron chi connectivity index (χ2n) is 4.05. The number of thiocarbonyl (C=S) groups is 1. The van der Waals surface area contributed by atoms with Crippen molar-refractivity contribution in [1.29, 1.82) is 0 Å². The minimum atomic E-state index is -0.325. The van der Waals surface area contributed by atoms with Gasteiger partial charge in [-0.2, -0.15) is 0 Å². The van der Waals surface area contributed by atoms with E-state index >= 15 is 0 Å². The topological polar surface area (TPSA) is 92.3 Å². The van der Waals surface area contributed by atoms with E-state index in [-0.39, 0.29) is 22.3 Å². The van der Waals surface area contributed by atoms with Gasteiger partial charge in [-0.05, 0) is 49.0 Å². The molecule has 0 aliphatic heterocycles. The highest BCUT2D eigenvalue weighted by atomic mass is 32.1. The van der Waals surface area contributed by atoms with E-state index < -0.39 is 0 Å². The molecule has 2 aromatic rings. The molecule has 108 valence electrons. The van der Waals surface area contributed by atoms with Gasteiger partial charge in [0, 0.05) is 6.21 Å². The van der Waals surface area contributed by atoms with Gasteiger partial charge >= 0.3 is 0 Å². The number of benzene rings is 1. The highest BCUT2D eigenvalue weighted by Gasteiger charge is 2.01. The Bertz CT molecular complexity index is 724. The summed E-state index contributed by atoms with van der Waals surface area (Å²) in [5, 5.41) is 10.3. The number of hydrogen-bond donors (Lipinski definition) is 2. The molecule has 0 amide bonds. The van der Waals surface area contributed by atoms with Gasteiger partial charge in [0.1, 0.15) is 11.4 Å². The van der Waals surface area contributed by atoms with Crippen molar-refractivity contribution in [2.24, 2.45) is 4.99 Å². The summed E-state index contributed by atoms with van der Waals surface area (Å²) in [5.41, 5.74) is 0.825. The van der Waals surface area contributed by atoms with Gasteiger partial charge in [-0.25, -0.2) is 4.99 Å². The Labute approximate surface area is 126 Å². The molecule has 0 bridgehead atoms. The van der Waals surface area contributed by atoms with Crippen molar-refractivity contribution in [2.75, 3.05) is 12.4 Å². The van der Waals surface area contributed by atoms with E-state index in [9.17, 15) is 4.79 Å². The maximum atomic E-state index is 11.4. The zero-order valence-electron chi connectivity index (χ0n) is 11.5. The summed E-state index contributed by atoms with van der Waals surface area (Å²) in [4.78, 5) is 17.9. The first-order valence-electron chi connectivity index (χ1n) is 6.01. The van der Waals surface area contributed by atoms with Gasteiger partial charge in [-0.1, -0.05) is 0 Å². The Kier molecular flexibility index (Phi) is 4.72. The number of ether oxygens (including phenoxy) is 1. The molecule has 2 N–H and O–H groups in total. The van der Waals surface area contributed by atoms with E-state index in [0.29, 0.717) is 0 Å². The maximum absolute atomic E-state index is 11.4. The van der Waals surface area contributed by atoms with Gasteiger partial charge in [0.25, 0.3) is 5.56 Å². The van der Waals surface area contributed by atoms with Crippen LogP contribution in [0.3, 0.4) is 0 Å². The second-order valence-corrected chi connectivity index (χ2v) is 4.44. The van der Waals surface area contributed by atoms with E-state index in [1.54, 1.807) is 20.2 Å². The van der Waals surface area contributed by atoms with Crippen molar-refractivity contribution in [3.63, 3.8) is 0 Å². The lowest BCUT2D eigenvalue weighted by Gasteiger charge is -2.02. The Morgan fingerprint density at radius 3 is 2.71 bits per heavy atom. The smallest absolute Gasteiger partial charge is 0.273 e. The average molecular weight is 303 g/mol. The van der Waals surface area contributed by atoms with Crippen LogP contribution in [0.2, 0.25) is 0 Å². The Hall–Kier alpha value is -2.61. The number of aromatic amines is 1. The first-order valence-corrected chi connectivity index (χ1v) is 6.42. The molecule has 21 heavy (non-hydrogen) atoms. The van der Waals surface area contributed by atoms with Gasteiger partial charge in [-0.15, -0.1) is 10.2 Å². The predicted octanol–water partition coefficient (Wildman–Crippen LogP) is 1.30. The lowest BCUT2D eigenvalue weighted by atomic mass is 10.2. The Balaban J connectivity index is 2.01. The lowest BCUT2D eigenvalue weighted by molar-refractivity contribution is 0.415. The molecule has 0 aliphatic carbocycles. The van der Waals surface area contributed by atoms with Crippen molar-refractivity contribution < 1.29 is 4.74 Å². The first kappa shape index (κ1) is 14.8. The third kappa shape index (κ3) is 4.18. The fourth-order valence-corrected chi connectivity index (χ4v) is 1.56. The van der Waals surface area contributed by atoms with Gasteiger partial charge in [0.2, 0.25) is 5.95 Å². The van der Waals surface area contributed by atoms with Crippen LogP contribution in [0, 0.1) is 6.92 Å². The molecule has 2 rings (SSSR count). The molecule has 0 saturated carbocycles. The van der Waals surface area contributed by atoms with Gasteiger partial charge in [0.05, 0.1) is 7.11 Å². The molecule has 0 fully saturated rings. The Morgan fingerprint density at radius 2 is 2.10 bits per heavy atom. The summed E-state index contributed by atoms with van der Waals surface area (Å²) in [6.45, 7) is 1.57. The summed E-state index contributed by atoms with van der Waals surface area (Å²) in [6, 6.07) is 7.33. The van der Waals surface area contributed by atoms with Crippen molar-refractivity contribution in [3.05, 3.63) is 45.9 Å². The molecule has 0 atom stereocenters. The number of hydrogen-bond acceptors (Lipinski definition) is 5. The number of aromatic nitrogens is 3. The van der Waals surface area contributed by atoms with Crippen LogP contribution in [-0.4, -0.2) is 33.6 Å². The van der Waals surface area contributed by atoms with Crippen LogP contribution in [0.5, 0.6) is 5.75 Å². The van der Waals surface area contributed by atoms with E-state index in [4.69, 9.17) is 17.0 Å². The summed E-state index contributed by atoms with van der Waals surface area (Å²) >= 11 is 5.04. The van der Waals surface area contributed by atoms with E-state index in [1.807, 2.05) is 24.3 Å². The number of nitrogens with zero attached hydrogens (tertiary/aromatic N) is 3. The predicted molar refractivity (Wildman–Crippen MR) is 84.2 cm³/mol. The van der Waals surface area contributed by atoms with Gasteiger partial charge in [-0.3, -0.25) is 15.1 Å². The minimum Gasteiger partial charge on any atom is -0.497 e. The minimum absolute atomic E-state index is 0.155. The van der Waals surface area contributed by atoms with Crippen molar-refractivity contribution in [1.82, 2.24) is 15.2 Å².